The predicted octanol–water partition coefficient (Wildman–Crippen LogP) is 1.68. The van der Waals surface area contributed by atoms with Crippen molar-refractivity contribution in [2.24, 2.45) is 0 Å². The van der Waals surface area contributed by atoms with E-state index in [0.717, 1.165) is 5.56 Å². The quantitative estimate of drug-likeness (QED) is 0.816. The van der Waals surface area contributed by atoms with Crippen molar-refractivity contribution in [1.82, 2.24) is 4.68 Å². The van der Waals surface area contributed by atoms with E-state index in [1.165, 1.54) is 0 Å². The lowest BCUT2D eigenvalue weighted by Crippen LogP contribution is -2.33. The van der Waals surface area contributed by atoms with Crippen molar-refractivity contribution in [3.05, 3.63) is 51.3 Å². The van der Waals surface area contributed by atoms with Crippen LogP contribution in [0.1, 0.15) is 36.5 Å². The van der Waals surface area contributed by atoms with Crippen molar-refractivity contribution in [1.29, 1.82) is 10.5 Å². The molecule has 0 spiro atoms. The first-order valence-corrected chi connectivity index (χ1v) is 6.66. The first-order valence-electron chi connectivity index (χ1n) is 6.66. The van der Waals surface area contributed by atoms with Crippen molar-refractivity contribution >= 4 is 5.82 Å². The van der Waals surface area contributed by atoms with E-state index in [1.54, 1.807) is 12.1 Å². The number of aromatic nitrogens is 1. The normalized spacial score (nSPS) is 10.2. The van der Waals surface area contributed by atoms with Crippen molar-refractivity contribution < 1.29 is 0 Å². The third kappa shape index (κ3) is 2.27. The number of hydrogen-bond acceptors (Lipinski definition) is 5. The number of nitrogens with zero attached hydrogens (tertiary/aromatic N) is 3. The zero-order valence-electron chi connectivity index (χ0n) is 12.3. The summed E-state index contributed by atoms with van der Waals surface area (Å²) in [6.45, 7) is 4.12. The number of nitrogen functional groups attached to an aromatic ring is 2. The SMILES string of the molecule is CC(C)c1ccc(-c2c(C#N)c(N)n(N)c(=O)c2C#N)cc1. The molecule has 0 bridgehead atoms. The summed E-state index contributed by atoms with van der Waals surface area (Å²) in [5, 5.41) is 18.6. The Hall–Kier alpha value is -3.25. The number of benzene rings is 1. The van der Waals surface area contributed by atoms with Gasteiger partial charge in [-0.05, 0) is 17.0 Å². The Labute approximate surface area is 127 Å². The molecule has 4 N–H and O–H groups in total. The van der Waals surface area contributed by atoms with Crippen molar-refractivity contribution in [2.75, 3.05) is 11.6 Å². The second kappa shape index (κ2) is 5.63. The molecule has 1 heterocycles. The molecule has 0 aliphatic rings. The summed E-state index contributed by atoms with van der Waals surface area (Å²) in [7, 11) is 0. The highest BCUT2D eigenvalue weighted by Crippen LogP contribution is 2.29. The summed E-state index contributed by atoms with van der Waals surface area (Å²) in [5.41, 5.74) is 6.78. The van der Waals surface area contributed by atoms with Gasteiger partial charge in [-0.2, -0.15) is 10.5 Å². The van der Waals surface area contributed by atoms with Gasteiger partial charge in [0.15, 0.2) is 0 Å². The fourth-order valence-electron chi connectivity index (χ4n) is 2.25. The molecule has 6 heteroatoms. The third-order valence-corrected chi connectivity index (χ3v) is 3.54. The van der Waals surface area contributed by atoms with Crippen LogP contribution >= 0.6 is 0 Å². The van der Waals surface area contributed by atoms with Gasteiger partial charge in [-0.15, -0.1) is 0 Å². The summed E-state index contributed by atoms with van der Waals surface area (Å²) in [6, 6.07) is 11.1. The number of nitriles is 2. The maximum absolute atomic E-state index is 12.1. The molecule has 0 atom stereocenters. The number of pyridine rings is 1. The molecule has 0 amide bonds. The lowest BCUT2D eigenvalue weighted by molar-refractivity contribution is 0.867. The van der Waals surface area contributed by atoms with Crippen LogP contribution in [0.3, 0.4) is 0 Å². The summed E-state index contributed by atoms with van der Waals surface area (Å²) in [5.74, 6) is 5.71. The second-order valence-corrected chi connectivity index (χ2v) is 5.19. The Morgan fingerprint density at radius 2 is 1.64 bits per heavy atom. The Morgan fingerprint density at radius 1 is 1.09 bits per heavy atom. The molecular formula is C16H15N5O. The fraction of sp³-hybridized carbons (Fsp3) is 0.188. The minimum absolute atomic E-state index is 0.0240. The lowest BCUT2D eigenvalue weighted by atomic mass is 9.94. The topological polar surface area (TPSA) is 122 Å². The van der Waals surface area contributed by atoms with E-state index in [9.17, 15) is 15.3 Å². The Balaban J connectivity index is 2.83. The Bertz CT molecular complexity index is 864. The smallest absolute Gasteiger partial charge is 0.289 e. The van der Waals surface area contributed by atoms with Gasteiger partial charge >= 0.3 is 0 Å². The summed E-state index contributed by atoms with van der Waals surface area (Å²) in [6.07, 6.45) is 0. The van der Waals surface area contributed by atoms with Crippen LogP contribution in [-0.4, -0.2) is 4.68 Å². The molecule has 0 saturated heterocycles. The first kappa shape index (κ1) is 15.1. The molecule has 1 aromatic heterocycles. The van der Waals surface area contributed by atoms with Gasteiger partial charge in [-0.3, -0.25) is 4.79 Å². The van der Waals surface area contributed by atoms with Gasteiger partial charge in [-0.25, -0.2) is 4.68 Å². The van der Waals surface area contributed by atoms with Gasteiger partial charge in [0, 0.05) is 5.56 Å². The molecule has 6 nitrogen and oxygen atoms in total. The van der Waals surface area contributed by atoms with Crippen LogP contribution in [0.2, 0.25) is 0 Å². The average molecular weight is 293 g/mol. The third-order valence-electron chi connectivity index (χ3n) is 3.54. The molecule has 0 aliphatic carbocycles. The summed E-state index contributed by atoms with van der Waals surface area (Å²) >= 11 is 0. The van der Waals surface area contributed by atoms with Crippen LogP contribution in [0.4, 0.5) is 5.82 Å². The van der Waals surface area contributed by atoms with E-state index in [4.69, 9.17) is 11.6 Å². The second-order valence-electron chi connectivity index (χ2n) is 5.19. The molecule has 22 heavy (non-hydrogen) atoms. The largest absolute Gasteiger partial charge is 0.382 e. The number of rotatable bonds is 2. The van der Waals surface area contributed by atoms with E-state index < -0.39 is 5.56 Å². The fourth-order valence-corrected chi connectivity index (χ4v) is 2.25. The Morgan fingerprint density at radius 3 is 2.09 bits per heavy atom. The molecular weight excluding hydrogens is 278 g/mol. The van der Waals surface area contributed by atoms with Gasteiger partial charge in [0.2, 0.25) is 0 Å². The van der Waals surface area contributed by atoms with E-state index in [1.807, 2.05) is 24.3 Å². The van der Waals surface area contributed by atoms with Crippen molar-refractivity contribution in [3.63, 3.8) is 0 Å². The van der Waals surface area contributed by atoms with Crippen LogP contribution < -0.4 is 17.1 Å². The minimum atomic E-state index is -0.720. The summed E-state index contributed by atoms with van der Waals surface area (Å²) < 4.78 is 0.628. The monoisotopic (exact) mass is 293 g/mol. The van der Waals surface area contributed by atoms with Crippen LogP contribution in [0.25, 0.3) is 11.1 Å². The number of hydrogen-bond donors (Lipinski definition) is 2. The standard InChI is InChI=1S/C16H15N5O/c1-9(2)10-3-5-11(6-4-10)14-12(7-17)15(19)21(20)16(22)13(14)8-18/h3-6,9H,19-20H2,1-2H3. The van der Waals surface area contributed by atoms with Gasteiger partial charge in [0.1, 0.15) is 29.1 Å². The molecule has 0 fully saturated rings. The molecule has 1 aromatic carbocycles. The molecule has 2 aromatic rings. The maximum Gasteiger partial charge on any atom is 0.289 e. The summed E-state index contributed by atoms with van der Waals surface area (Å²) in [4.78, 5) is 12.1. The van der Waals surface area contributed by atoms with E-state index in [2.05, 4.69) is 13.8 Å². The van der Waals surface area contributed by atoms with Gasteiger partial charge < -0.3 is 11.6 Å². The van der Waals surface area contributed by atoms with Gasteiger partial charge in [0.05, 0.1) is 0 Å². The van der Waals surface area contributed by atoms with Crippen molar-refractivity contribution in [2.45, 2.75) is 19.8 Å². The number of nitrogens with two attached hydrogens (primary N) is 2. The molecule has 0 aliphatic heterocycles. The molecule has 2 rings (SSSR count). The van der Waals surface area contributed by atoms with Crippen LogP contribution in [0.15, 0.2) is 29.1 Å². The minimum Gasteiger partial charge on any atom is -0.382 e. The molecule has 110 valence electrons. The first-order chi connectivity index (χ1) is 10.4. The van der Waals surface area contributed by atoms with E-state index >= 15 is 0 Å². The van der Waals surface area contributed by atoms with E-state index in [-0.39, 0.29) is 22.5 Å². The van der Waals surface area contributed by atoms with Crippen LogP contribution in [0, 0.1) is 22.7 Å². The molecule has 0 radical (unpaired) electrons. The van der Waals surface area contributed by atoms with Crippen molar-refractivity contribution in [3.8, 4) is 23.3 Å². The Kier molecular flexibility index (Phi) is 3.87. The highest BCUT2D eigenvalue weighted by atomic mass is 16.1. The average Bonchev–Trinajstić information content (AvgIpc) is 2.52. The lowest BCUT2D eigenvalue weighted by Gasteiger charge is -2.13. The zero-order chi connectivity index (χ0) is 16.4. The van der Waals surface area contributed by atoms with Crippen LogP contribution in [0.5, 0.6) is 0 Å². The number of anilines is 1. The highest BCUT2D eigenvalue weighted by Gasteiger charge is 2.20. The van der Waals surface area contributed by atoms with Crippen LogP contribution in [-0.2, 0) is 0 Å². The predicted molar refractivity (Wildman–Crippen MR) is 84.2 cm³/mol. The van der Waals surface area contributed by atoms with E-state index in [0.29, 0.717) is 16.2 Å². The zero-order valence-corrected chi connectivity index (χ0v) is 12.3. The van der Waals surface area contributed by atoms with Gasteiger partial charge in [0.25, 0.3) is 5.56 Å². The molecule has 0 unspecified atom stereocenters. The molecule has 0 saturated carbocycles. The maximum atomic E-state index is 12.1. The van der Waals surface area contributed by atoms with Gasteiger partial charge in [-0.1, -0.05) is 38.1 Å². The highest BCUT2D eigenvalue weighted by molar-refractivity contribution is 5.80.